The van der Waals surface area contributed by atoms with E-state index < -0.39 is 4.92 Å². The van der Waals surface area contributed by atoms with Crippen LogP contribution in [0.25, 0.3) is 11.1 Å². The van der Waals surface area contributed by atoms with Gasteiger partial charge in [-0.05, 0) is 46.9 Å². The van der Waals surface area contributed by atoms with Crippen molar-refractivity contribution < 1.29 is 14.5 Å². The maximum absolute atomic E-state index is 12.5. The maximum atomic E-state index is 12.5. The highest BCUT2D eigenvalue weighted by Crippen LogP contribution is 2.36. The zero-order chi connectivity index (χ0) is 18.1. The van der Waals surface area contributed by atoms with Crippen LogP contribution in [0.4, 0.5) is 5.69 Å². The number of ether oxygens (including phenoxy) is 1. The van der Waals surface area contributed by atoms with Crippen molar-refractivity contribution in [3.8, 4) is 16.9 Å². The number of Topliss-reactive ketones (excluding diaryl/α,β-unsaturated/α-hetero) is 1. The molecule has 0 N–H and O–H groups in total. The van der Waals surface area contributed by atoms with Crippen molar-refractivity contribution in [2.45, 2.75) is 6.42 Å². The molecule has 4 rings (SSSR count). The molecular formula is C21H15NO4. The van der Waals surface area contributed by atoms with Crippen molar-refractivity contribution in [3.63, 3.8) is 0 Å². The lowest BCUT2D eigenvalue weighted by molar-refractivity contribution is -0.384. The van der Waals surface area contributed by atoms with Crippen molar-refractivity contribution in [2.75, 3.05) is 6.61 Å². The molecule has 0 aromatic heterocycles. The number of benzene rings is 3. The summed E-state index contributed by atoms with van der Waals surface area (Å²) in [7, 11) is 0. The molecule has 0 radical (unpaired) electrons. The molecule has 5 nitrogen and oxygen atoms in total. The molecule has 128 valence electrons. The van der Waals surface area contributed by atoms with Crippen molar-refractivity contribution in [2.24, 2.45) is 0 Å². The van der Waals surface area contributed by atoms with Gasteiger partial charge in [0.05, 0.1) is 4.92 Å². The van der Waals surface area contributed by atoms with E-state index in [2.05, 4.69) is 12.1 Å². The molecule has 3 aromatic rings. The Morgan fingerprint density at radius 1 is 0.962 bits per heavy atom. The van der Waals surface area contributed by atoms with Gasteiger partial charge >= 0.3 is 0 Å². The van der Waals surface area contributed by atoms with E-state index in [4.69, 9.17) is 4.74 Å². The molecule has 5 heteroatoms. The summed E-state index contributed by atoms with van der Waals surface area (Å²) in [6.07, 6.45) is 0.888. The Morgan fingerprint density at radius 3 is 2.46 bits per heavy atom. The quantitative estimate of drug-likeness (QED) is 0.305. The summed E-state index contributed by atoms with van der Waals surface area (Å²) < 4.78 is 5.47. The molecule has 0 atom stereocenters. The number of rotatable bonds is 5. The Kier molecular flexibility index (Phi) is 3.97. The highest BCUT2D eigenvalue weighted by Gasteiger charge is 2.19. The number of nitro benzene ring substituents is 1. The molecule has 3 aromatic carbocycles. The van der Waals surface area contributed by atoms with E-state index in [-0.39, 0.29) is 18.1 Å². The van der Waals surface area contributed by atoms with Gasteiger partial charge in [0.1, 0.15) is 5.75 Å². The van der Waals surface area contributed by atoms with Gasteiger partial charge in [-0.2, -0.15) is 0 Å². The summed E-state index contributed by atoms with van der Waals surface area (Å²) in [5, 5.41) is 10.7. The first-order valence-corrected chi connectivity index (χ1v) is 8.23. The number of nitro groups is 1. The molecule has 0 unspecified atom stereocenters. The van der Waals surface area contributed by atoms with Gasteiger partial charge in [-0.3, -0.25) is 14.9 Å². The monoisotopic (exact) mass is 345 g/mol. The molecule has 0 saturated heterocycles. The zero-order valence-corrected chi connectivity index (χ0v) is 13.8. The first-order valence-electron chi connectivity index (χ1n) is 8.23. The summed E-state index contributed by atoms with van der Waals surface area (Å²) in [6, 6.07) is 19.6. The van der Waals surface area contributed by atoms with Gasteiger partial charge in [-0.25, -0.2) is 0 Å². The number of carbonyl (C=O) groups excluding carboxylic acids is 1. The maximum Gasteiger partial charge on any atom is 0.269 e. The first-order chi connectivity index (χ1) is 12.6. The van der Waals surface area contributed by atoms with E-state index in [1.54, 1.807) is 0 Å². The van der Waals surface area contributed by atoms with Crippen LogP contribution in [-0.4, -0.2) is 17.3 Å². The Balaban J connectivity index is 1.49. The highest BCUT2D eigenvalue weighted by atomic mass is 16.6. The SMILES string of the molecule is O=C(COc1ccc([N+](=O)[O-])cc1)c1ccc2c(c1)-c1ccccc1C2. The van der Waals surface area contributed by atoms with E-state index in [0.29, 0.717) is 11.3 Å². The van der Waals surface area contributed by atoms with Crippen LogP contribution < -0.4 is 4.74 Å². The molecule has 1 aliphatic rings. The van der Waals surface area contributed by atoms with Gasteiger partial charge in [0, 0.05) is 17.7 Å². The number of fused-ring (bicyclic) bond motifs is 3. The standard InChI is InChI=1S/C21H15NO4/c23-21(13-26-18-9-7-17(8-10-18)22(24)25)16-6-5-15-11-14-3-1-2-4-19(14)20(15)12-16/h1-10,12H,11,13H2. The van der Waals surface area contributed by atoms with Gasteiger partial charge in [0.25, 0.3) is 5.69 Å². The van der Waals surface area contributed by atoms with E-state index in [1.807, 2.05) is 30.3 Å². The highest BCUT2D eigenvalue weighted by molar-refractivity contribution is 5.99. The Hall–Kier alpha value is -3.47. The number of non-ortho nitro benzene ring substituents is 1. The van der Waals surface area contributed by atoms with Gasteiger partial charge in [-0.1, -0.05) is 36.4 Å². The lowest BCUT2D eigenvalue weighted by atomic mass is 10.0. The summed E-state index contributed by atoms with van der Waals surface area (Å²) in [4.78, 5) is 22.7. The molecule has 0 spiro atoms. The Bertz CT molecular complexity index is 1010. The van der Waals surface area contributed by atoms with E-state index in [9.17, 15) is 14.9 Å². The van der Waals surface area contributed by atoms with E-state index >= 15 is 0 Å². The van der Waals surface area contributed by atoms with Crippen LogP contribution in [0, 0.1) is 10.1 Å². The Morgan fingerprint density at radius 2 is 1.69 bits per heavy atom. The summed E-state index contributed by atoms with van der Waals surface area (Å²) in [5.74, 6) is 0.297. The third-order valence-corrected chi connectivity index (χ3v) is 4.54. The van der Waals surface area contributed by atoms with Gasteiger partial charge < -0.3 is 4.74 Å². The van der Waals surface area contributed by atoms with Gasteiger partial charge in [0.2, 0.25) is 0 Å². The minimum absolute atomic E-state index is 0.0130. The summed E-state index contributed by atoms with van der Waals surface area (Å²) >= 11 is 0. The first kappa shape index (κ1) is 16.0. The average Bonchev–Trinajstić information content (AvgIpc) is 3.04. The molecular weight excluding hydrogens is 330 g/mol. The number of hydrogen-bond donors (Lipinski definition) is 0. The molecule has 0 saturated carbocycles. The fourth-order valence-corrected chi connectivity index (χ4v) is 3.19. The van der Waals surface area contributed by atoms with E-state index in [0.717, 1.165) is 12.0 Å². The van der Waals surface area contributed by atoms with Crippen molar-refractivity contribution in [3.05, 3.63) is 93.5 Å². The molecule has 0 fully saturated rings. The normalized spacial score (nSPS) is 11.5. The molecule has 0 heterocycles. The third-order valence-electron chi connectivity index (χ3n) is 4.54. The molecule has 1 aliphatic carbocycles. The van der Waals surface area contributed by atoms with Crippen LogP contribution in [0.3, 0.4) is 0 Å². The minimum atomic E-state index is -0.475. The predicted molar refractivity (Wildman–Crippen MR) is 97.6 cm³/mol. The Labute approximate surface area is 150 Å². The van der Waals surface area contributed by atoms with Gasteiger partial charge in [0.15, 0.2) is 12.4 Å². The fourth-order valence-electron chi connectivity index (χ4n) is 3.19. The van der Waals surface area contributed by atoms with Crippen LogP contribution in [-0.2, 0) is 6.42 Å². The predicted octanol–water partition coefficient (Wildman–Crippen LogP) is 4.43. The number of carbonyl (C=O) groups is 1. The van der Waals surface area contributed by atoms with Crippen molar-refractivity contribution in [1.82, 2.24) is 0 Å². The minimum Gasteiger partial charge on any atom is -0.485 e. The molecule has 0 amide bonds. The largest absolute Gasteiger partial charge is 0.485 e. The van der Waals surface area contributed by atoms with Crippen molar-refractivity contribution in [1.29, 1.82) is 0 Å². The topological polar surface area (TPSA) is 69.4 Å². The van der Waals surface area contributed by atoms with E-state index in [1.165, 1.54) is 41.0 Å². The smallest absolute Gasteiger partial charge is 0.269 e. The summed E-state index contributed by atoms with van der Waals surface area (Å²) in [6.45, 7) is -0.113. The second-order valence-electron chi connectivity index (χ2n) is 6.17. The number of nitrogens with zero attached hydrogens (tertiary/aromatic N) is 1. The van der Waals surface area contributed by atoms with Crippen LogP contribution in [0.1, 0.15) is 21.5 Å². The molecule has 0 aliphatic heterocycles. The molecule has 26 heavy (non-hydrogen) atoms. The fraction of sp³-hybridized carbons (Fsp3) is 0.0952. The lowest BCUT2D eigenvalue weighted by Crippen LogP contribution is -2.11. The van der Waals surface area contributed by atoms with Crippen LogP contribution >= 0.6 is 0 Å². The second-order valence-corrected chi connectivity index (χ2v) is 6.17. The lowest BCUT2D eigenvalue weighted by Gasteiger charge is -2.07. The van der Waals surface area contributed by atoms with Crippen molar-refractivity contribution >= 4 is 11.5 Å². The number of hydrogen-bond acceptors (Lipinski definition) is 4. The molecule has 0 bridgehead atoms. The zero-order valence-electron chi connectivity index (χ0n) is 13.8. The van der Waals surface area contributed by atoms with Crippen LogP contribution in [0.5, 0.6) is 5.75 Å². The average molecular weight is 345 g/mol. The third kappa shape index (κ3) is 2.95. The van der Waals surface area contributed by atoms with Crippen LogP contribution in [0.15, 0.2) is 66.7 Å². The summed E-state index contributed by atoms with van der Waals surface area (Å²) in [5.41, 5.74) is 5.35. The second kappa shape index (κ2) is 6.44. The van der Waals surface area contributed by atoms with Gasteiger partial charge in [-0.15, -0.1) is 0 Å². The number of ketones is 1. The van der Waals surface area contributed by atoms with Crippen LogP contribution in [0.2, 0.25) is 0 Å².